The molecule has 1 saturated heterocycles. The standard InChI is InChI=1S/C10H18N4/c1-13-5-2-3-9(7-13)8-14-6-4-10(11)12-14/h4,6,9H,2-3,5,7-8H2,1H3,(H2,11,12). The summed E-state index contributed by atoms with van der Waals surface area (Å²) in [6.07, 6.45) is 4.58. The summed E-state index contributed by atoms with van der Waals surface area (Å²) in [5.41, 5.74) is 5.57. The number of rotatable bonds is 2. The van der Waals surface area contributed by atoms with E-state index in [-0.39, 0.29) is 0 Å². The maximum atomic E-state index is 5.57. The summed E-state index contributed by atoms with van der Waals surface area (Å²) >= 11 is 0. The summed E-state index contributed by atoms with van der Waals surface area (Å²) in [4.78, 5) is 2.39. The Bertz CT molecular complexity index is 294. The summed E-state index contributed by atoms with van der Waals surface area (Å²) < 4.78 is 1.96. The molecule has 1 aliphatic rings. The van der Waals surface area contributed by atoms with E-state index in [0.717, 1.165) is 12.5 Å². The second-order valence-corrected chi connectivity index (χ2v) is 4.23. The fourth-order valence-corrected chi connectivity index (χ4v) is 2.17. The van der Waals surface area contributed by atoms with Gasteiger partial charge in [0, 0.05) is 19.3 Å². The highest BCUT2D eigenvalue weighted by Crippen LogP contribution is 2.16. The molecule has 2 rings (SSSR count). The van der Waals surface area contributed by atoms with Crippen LogP contribution < -0.4 is 5.73 Å². The van der Waals surface area contributed by atoms with Gasteiger partial charge in [0.2, 0.25) is 0 Å². The van der Waals surface area contributed by atoms with Crippen LogP contribution in [0.2, 0.25) is 0 Å². The average Bonchev–Trinajstić information content (AvgIpc) is 2.51. The molecule has 4 nitrogen and oxygen atoms in total. The smallest absolute Gasteiger partial charge is 0.145 e. The Morgan fingerprint density at radius 1 is 1.64 bits per heavy atom. The first-order valence-corrected chi connectivity index (χ1v) is 5.21. The highest BCUT2D eigenvalue weighted by molar-refractivity contribution is 5.23. The molecule has 14 heavy (non-hydrogen) atoms. The molecule has 0 amide bonds. The molecular weight excluding hydrogens is 176 g/mol. The molecule has 2 heterocycles. The molecule has 0 aliphatic carbocycles. The zero-order valence-electron chi connectivity index (χ0n) is 8.69. The topological polar surface area (TPSA) is 47.1 Å². The van der Waals surface area contributed by atoms with E-state index >= 15 is 0 Å². The monoisotopic (exact) mass is 194 g/mol. The Hall–Kier alpha value is -1.03. The van der Waals surface area contributed by atoms with Gasteiger partial charge in [0.25, 0.3) is 0 Å². The highest BCUT2D eigenvalue weighted by atomic mass is 15.3. The van der Waals surface area contributed by atoms with Crippen molar-refractivity contribution in [2.24, 2.45) is 5.92 Å². The van der Waals surface area contributed by atoms with Crippen molar-refractivity contribution in [3.05, 3.63) is 12.3 Å². The number of nitrogens with two attached hydrogens (primary N) is 1. The predicted octanol–water partition coefficient (Wildman–Crippen LogP) is 0.807. The molecule has 1 aromatic rings. The third-order valence-electron chi connectivity index (χ3n) is 2.83. The van der Waals surface area contributed by atoms with E-state index in [0.29, 0.717) is 5.82 Å². The molecule has 4 heteroatoms. The molecule has 0 aromatic carbocycles. The lowest BCUT2D eigenvalue weighted by atomic mass is 9.99. The first kappa shape index (κ1) is 9.52. The number of likely N-dealkylation sites (tertiary alicyclic amines) is 1. The Morgan fingerprint density at radius 2 is 2.50 bits per heavy atom. The zero-order valence-corrected chi connectivity index (χ0v) is 8.69. The van der Waals surface area contributed by atoms with Gasteiger partial charge in [-0.2, -0.15) is 5.10 Å². The molecule has 1 aromatic heterocycles. The lowest BCUT2D eigenvalue weighted by Crippen LogP contribution is -2.34. The van der Waals surface area contributed by atoms with E-state index in [2.05, 4.69) is 17.0 Å². The predicted molar refractivity (Wildman–Crippen MR) is 56.9 cm³/mol. The average molecular weight is 194 g/mol. The summed E-state index contributed by atoms with van der Waals surface area (Å²) in [6, 6.07) is 1.85. The van der Waals surface area contributed by atoms with E-state index in [1.807, 2.05) is 16.9 Å². The minimum Gasteiger partial charge on any atom is -0.382 e. The van der Waals surface area contributed by atoms with Gasteiger partial charge in [-0.15, -0.1) is 0 Å². The summed E-state index contributed by atoms with van der Waals surface area (Å²) in [5.74, 6) is 1.35. The third kappa shape index (κ3) is 2.26. The maximum absolute atomic E-state index is 5.57. The van der Waals surface area contributed by atoms with Crippen molar-refractivity contribution < 1.29 is 0 Å². The molecule has 0 bridgehead atoms. The van der Waals surface area contributed by atoms with Crippen LogP contribution in [0, 0.1) is 5.92 Å². The molecule has 0 saturated carbocycles. The maximum Gasteiger partial charge on any atom is 0.145 e. The fraction of sp³-hybridized carbons (Fsp3) is 0.700. The van der Waals surface area contributed by atoms with Crippen molar-refractivity contribution in [3.63, 3.8) is 0 Å². The molecule has 0 radical (unpaired) electrons. The van der Waals surface area contributed by atoms with E-state index in [4.69, 9.17) is 5.73 Å². The Labute approximate surface area is 84.7 Å². The molecule has 1 unspecified atom stereocenters. The van der Waals surface area contributed by atoms with Gasteiger partial charge in [0.05, 0.1) is 0 Å². The molecular formula is C10H18N4. The quantitative estimate of drug-likeness (QED) is 0.757. The highest BCUT2D eigenvalue weighted by Gasteiger charge is 2.17. The number of anilines is 1. The van der Waals surface area contributed by atoms with Crippen LogP contribution in [-0.4, -0.2) is 34.8 Å². The second kappa shape index (κ2) is 4.00. The minimum atomic E-state index is 0.620. The lowest BCUT2D eigenvalue weighted by Gasteiger charge is -2.29. The normalized spacial score (nSPS) is 23.9. The van der Waals surface area contributed by atoms with Crippen molar-refractivity contribution in [1.29, 1.82) is 0 Å². The number of aromatic nitrogens is 2. The lowest BCUT2D eigenvalue weighted by molar-refractivity contribution is 0.191. The van der Waals surface area contributed by atoms with Crippen LogP contribution in [0.4, 0.5) is 5.82 Å². The number of hydrogen-bond donors (Lipinski definition) is 1. The van der Waals surface area contributed by atoms with E-state index in [9.17, 15) is 0 Å². The van der Waals surface area contributed by atoms with Crippen LogP contribution in [0.3, 0.4) is 0 Å². The third-order valence-corrected chi connectivity index (χ3v) is 2.83. The molecule has 78 valence electrons. The minimum absolute atomic E-state index is 0.620. The first-order valence-electron chi connectivity index (χ1n) is 5.21. The largest absolute Gasteiger partial charge is 0.382 e. The van der Waals surface area contributed by atoms with Crippen LogP contribution in [0.5, 0.6) is 0 Å². The van der Waals surface area contributed by atoms with Crippen molar-refractivity contribution in [2.75, 3.05) is 25.9 Å². The Kier molecular flexibility index (Phi) is 2.72. The van der Waals surface area contributed by atoms with Gasteiger partial charge in [0.15, 0.2) is 0 Å². The zero-order chi connectivity index (χ0) is 9.97. The van der Waals surface area contributed by atoms with Gasteiger partial charge in [0.1, 0.15) is 5.82 Å². The summed E-state index contributed by atoms with van der Waals surface area (Å²) in [5, 5.41) is 4.21. The van der Waals surface area contributed by atoms with Crippen LogP contribution >= 0.6 is 0 Å². The van der Waals surface area contributed by atoms with Crippen molar-refractivity contribution >= 4 is 5.82 Å². The SMILES string of the molecule is CN1CCCC(Cn2ccc(N)n2)C1. The van der Waals surface area contributed by atoms with Crippen LogP contribution in [0.15, 0.2) is 12.3 Å². The first-order chi connectivity index (χ1) is 6.74. The van der Waals surface area contributed by atoms with Crippen LogP contribution in [0.1, 0.15) is 12.8 Å². The van der Waals surface area contributed by atoms with Crippen molar-refractivity contribution in [3.8, 4) is 0 Å². The molecule has 1 atom stereocenters. The Balaban J connectivity index is 1.90. The second-order valence-electron chi connectivity index (χ2n) is 4.23. The number of piperidine rings is 1. The van der Waals surface area contributed by atoms with Gasteiger partial charge in [-0.3, -0.25) is 4.68 Å². The van der Waals surface area contributed by atoms with Crippen LogP contribution in [0.25, 0.3) is 0 Å². The van der Waals surface area contributed by atoms with E-state index in [1.165, 1.54) is 25.9 Å². The van der Waals surface area contributed by atoms with E-state index in [1.54, 1.807) is 0 Å². The van der Waals surface area contributed by atoms with Crippen molar-refractivity contribution in [2.45, 2.75) is 19.4 Å². The molecule has 1 aliphatic heterocycles. The summed E-state index contributed by atoms with van der Waals surface area (Å²) in [6.45, 7) is 3.42. The Morgan fingerprint density at radius 3 is 3.14 bits per heavy atom. The van der Waals surface area contributed by atoms with Gasteiger partial charge in [-0.1, -0.05) is 0 Å². The number of nitrogen functional groups attached to an aromatic ring is 1. The van der Waals surface area contributed by atoms with Gasteiger partial charge < -0.3 is 10.6 Å². The molecule has 0 spiro atoms. The number of nitrogens with zero attached hydrogens (tertiary/aromatic N) is 3. The van der Waals surface area contributed by atoms with Gasteiger partial charge >= 0.3 is 0 Å². The van der Waals surface area contributed by atoms with Crippen molar-refractivity contribution in [1.82, 2.24) is 14.7 Å². The van der Waals surface area contributed by atoms with Gasteiger partial charge in [-0.05, 0) is 38.4 Å². The van der Waals surface area contributed by atoms with Crippen LogP contribution in [-0.2, 0) is 6.54 Å². The summed E-state index contributed by atoms with van der Waals surface area (Å²) in [7, 11) is 2.18. The number of hydrogen-bond acceptors (Lipinski definition) is 3. The fourth-order valence-electron chi connectivity index (χ4n) is 2.17. The van der Waals surface area contributed by atoms with E-state index < -0.39 is 0 Å². The van der Waals surface area contributed by atoms with Gasteiger partial charge in [-0.25, -0.2) is 0 Å². The molecule has 2 N–H and O–H groups in total. The molecule has 1 fully saturated rings.